The van der Waals surface area contributed by atoms with Crippen LogP contribution in [0.1, 0.15) is 6.23 Å². The molecule has 22 heteroatoms. The molecule has 17 nitrogen and oxygen atoms in total. The summed E-state index contributed by atoms with van der Waals surface area (Å²) in [6.45, 7) is -0.835. The second-order valence-electron chi connectivity index (χ2n) is 6.42. The zero-order valence-corrected chi connectivity index (χ0v) is 19.9. The summed E-state index contributed by atoms with van der Waals surface area (Å²) in [5, 5.41) is 21.0. The molecule has 3 rings (SSSR count). The molecule has 6 atom stereocenters. The number of ether oxygens (including phenoxy) is 1. The topological polar surface area (TPSA) is 259 Å². The standard InChI is InChI=1S/C11H17BN5O12P3S/c1-33-11-15-8(13)5-9(16-11)17(3-14-5)10-7(19)6(18)4(27-10)2-26-30(12,20)28-32(24,25)29-31(21,22)23/h3-4,6-7,10,18-19H,2H2,1H3,(H,24,25)(H2,13,15,16)(H2,21,22,23). The van der Waals surface area contributed by atoms with Crippen LogP contribution in [0.4, 0.5) is 5.82 Å². The van der Waals surface area contributed by atoms with Crippen LogP contribution >= 0.6 is 34.9 Å². The van der Waals surface area contributed by atoms with E-state index in [4.69, 9.17) is 27.8 Å². The average Bonchev–Trinajstić information content (AvgIpc) is 3.19. The highest BCUT2D eigenvalue weighted by Crippen LogP contribution is 2.66. The number of hydrogen-bond acceptors (Lipinski definition) is 14. The number of imidazole rings is 1. The number of fused-ring (bicyclic) bond motifs is 1. The maximum Gasteiger partial charge on any atom is 0.487 e. The SMILES string of the molecule is [B]P(=O)(OCC1OC(n2cnc3c(N)nc(SC)nc32)C(O)C1O)OP(=O)(O)OP(=O)(O)O. The smallest absolute Gasteiger partial charge is 0.387 e. The number of anilines is 1. The molecule has 0 saturated carbocycles. The molecule has 7 N–H and O–H groups in total. The highest BCUT2D eigenvalue weighted by Gasteiger charge is 2.46. The minimum Gasteiger partial charge on any atom is -0.387 e. The summed E-state index contributed by atoms with van der Waals surface area (Å²) < 4.78 is 53.2. The third-order valence-electron chi connectivity index (χ3n) is 4.07. The van der Waals surface area contributed by atoms with E-state index in [0.717, 1.165) is 0 Å². The Hall–Kier alpha value is -0.905. The van der Waals surface area contributed by atoms with Crippen LogP contribution in [0.25, 0.3) is 11.2 Å². The third kappa shape index (κ3) is 6.41. The molecule has 0 amide bonds. The van der Waals surface area contributed by atoms with Gasteiger partial charge in [-0.05, 0) is 6.26 Å². The van der Waals surface area contributed by atoms with Crippen molar-refractivity contribution >= 4 is 59.4 Å². The number of aromatic nitrogens is 4. The van der Waals surface area contributed by atoms with E-state index in [9.17, 15) is 28.8 Å². The Morgan fingerprint density at radius 1 is 1.21 bits per heavy atom. The number of nitrogens with two attached hydrogens (primary N) is 1. The summed E-state index contributed by atoms with van der Waals surface area (Å²) in [6, 6.07) is 0. The molecule has 182 valence electrons. The van der Waals surface area contributed by atoms with Gasteiger partial charge in [-0.3, -0.25) is 9.13 Å². The second kappa shape index (κ2) is 9.62. The van der Waals surface area contributed by atoms with Gasteiger partial charge in [0.05, 0.1) is 12.9 Å². The number of aliphatic hydroxyl groups excluding tert-OH is 2. The van der Waals surface area contributed by atoms with Crippen LogP contribution in [0.15, 0.2) is 11.5 Å². The zero-order chi connectivity index (χ0) is 24.8. The lowest BCUT2D eigenvalue weighted by Crippen LogP contribution is -2.33. The summed E-state index contributed by atoms with van der Waals surface area (Å²) in [6.07, 6.45) is -2.89. The summed E-state index contributed by atoms with van der Waals surface area (Å²) in [5.41, 5.74) is 6.24. The summed E-state index contributed by atoms with van der Waals surface area (Å²) >= 11 is 1.20. The van der Waals surface area contributed by atoms with E-state index in [1.807, 2.05) is 0 Å². The lowest BCUT2D eigenvalue weighted by atomic mass is 10.1. The number of aliphatic hydroxyl groups is 2. The Morgan fingerprint density at radius 3 is 2.48 bits per heavy atom. The minimum absolute atomic E-state index is 0.0724. The highest BCUT2D eigenvalue weighted by atomic mass is 32.2. The molecule has 1 aliphatic heterocycles. The van der Waals surface area contributed by atoms with E-state index in [2.05, 4.69) is 28.1 Å². The first kappa shape index (κ1) is 26.7. The van der Waals surface area contributed by atoms with Gasteiger partial charge in [0, 0.05) is 0 Å². The van der Waals surface area contributed by atoms with Crippen molar-refractivity contribution in [2.45, 2.75) is 29.7 Å². The van der Waals surface area contributed by atoms with E-state index in [1.165, 1.54) is 22.7 Å². The van der Waals surface area contributed by atoms with Gasteiger partial charge in [0.15, 0.2) is 22.8 Å². The van der Waals surface area contributed by atoms with E-state index < -0.39 is 54.3 Å². The molecule has 6 unspecified atom stereocenters. The maximum atomic E-state index is 12.1. The fourth-order valence-electron chi connectivity index (χ4n) is 2.79. The molecule has 2 radical (unpaired) electrons. The van der Waals surface area contributed by atoms with Gasteiger partial charge in [-0.1, -0.05) is 11.8 Å². The normalized spacial score (nSPS) is 27.5. The van der Waals surface area contributed by atoms with Gasteiger partial charge < -0.3 is 39.9 Å². The predicted octanol–water partition coefficient (Wildman–Crippen LogP) is -0.731. The van der Waals surface area contributed by atoms with Crippen molar-refractivity contribution < 1.29 is 56.5 Å². The van der Waals surface area contributed by atoms with E-state index in [0.29, 0.717) is 5.16 Å². The first-order valence-corrected chi connectivity index (χ1v) is 14.4. The van der Waals surface area contributed by atoms with Gasteiger partial charge in [0.2, 0.25) is 7.57 Å². The van der Waals surface area contributed by atoms with Crippen molar-refractivity contribution in [3.05, 3.63) is 6.33 Å². The van der Waals surface area contributed by atoms with Crippen LogP contribution in [0.5, 0.6) is 0 Å². The van der Waals surface area contributed by atoms with Gasteiger partial charge in [0.25, 0.3) is 7.47 Å². The zero-order valence-electron chi connectivity index (χ0n) is 16.4. The maximum absolute atomic E-state index is 12.1. The van der Waals surface area contributed by atoms with E-state index >= 15 is 0 Å². The van der Waals surface area contributed by atoms with Gasteiger partial charge in [-0.15, -0.1) is 0 Å². The van der Waals surface area contributed by atoms with Crippen molar-refractivity contribution in [3.8, 4) is 0 Å². The monoisotopic (exact) mass is 547 g/mol. The molecular weight excluding hydrogens is 530 g/mol. The second-order valence-corrected chi connectivity index (χ2v) is 11.8. The van der Waals surface area contributed by atoms with Gasteiger partial charge >= 0.3 is 15.6 Å². The Balaban J connectivity index is 1.73. The number of rotatable bonds is 9. The minimum atomic E-state index is -5.59. The van der Waals surface area contributed by atoms with Crippen LogP contribution < -0.4 is 5.73 Å². The van der Waals surface area contributed by atoms with Crippen LogP contribution in [-0.4, -0.2) is 83.2 Å². The van der Waals surface area contributed by atoms with Crippen LogP contribution in [0, 0.1) is 0 Å². The first-order valence-electron chi connectivity index (χ1n) is 8.52. The molecule has 0 spiro atoms. The Labute approximate surface area is 190 Å². The van der Waals surface area contributed by atoms with E-state index in [1.54, 1.807) is 6.26 Å². The molecule has 0 aliphatic carbocycles. The fraction of sp³-hybridized carbons (Fsp3) is 0.545. The molecule has 1 fully saturated rings. The van der Waals surface area contributed by atoms with Crippen LogP contribution in [0.2, 0.25) is 0 Å². The number of phosphoric acid groups is 2. The highest BCUT2D eigenvalue weighted by molar-refractivity contribution is 7.98. The van der Waals surface area contributed by atoms with Crippen molar-refractivity contribution in [1.29, 1.82) is 0 Å². The van der Waals surface area contributed by atoms with Gasteiger partial charge in [-0.2, -0.15) is 4.31 Å². The molecule has 0 aromatic carbocycles. The van der Waals surface area contributed by atoms with Crippen molar-refractivity contribution in [2.24, 2.45) is 0 Å². The van der Waals surface area contributed by atoms with Crippen molar-refractivity contribution in [3.63, 3.8) is 0 Å². The number of hydrogen-bond donors (Lipinski definition) is 6. The molecule has 0 bridgehead atoms. The van der Waals surface area contributed by atoms with Gasteiger partial charge in [0.1, 0.15) is 23.8 Å². The predicted molar refractivity (Wildman–Crippen MR) is 111 cm³/mol. The largest absolute Gasteiger partial charge is 0.487 e. The summed E-state index contributed by atoms with van der Waals surface area (Å²) in [7, 11) is -10.9. The molecule has 2 aromatic heterocycles. The lowest BCUT2D eigenvalue weighted by molar-refractivity contribution is -0.0479. The number of nitrogen functional groups attached to an aromatic ring is 1. The molecule has 1 aliphatic rings. The third-order valence-corrected chi connectivity index (χ3v) is 8.54. The van der Waals surface area contributed by atoms with Crippen molar-refractivity contribution in [1.82, 2.24) is 19.5 Å². The summed E-state index contributed by atoms with van der Waals surface area (Å²) in [5.74, 6) is 0.0724. The first-order chi connectivity index (χ1) is 15.1. The van der Waals surface area contributed by atoms with E-state index in [-0.39, 0.29) is 17.0 Å². The van der Waals surface area contributed by atoms with Gasteiger partial charge in [-0.25, -0.2) is 28.4 Å². The average molecular weight is 547 g/mol. The van der Waals surface area contributed by atoms with Crippen LogP contribution in [0.3, 0.4) is 0 Å². The Kier molecular flexibility index (Phi) is 7.79. The molecule has 2 aromatic rings. The van der Waals surface area contributed by atoms with Crippen molar-refractivity contribution in [2.75, 3.05) is 18.6 Å². The summed E-state index contributed by atoms with van der Waals surface area (Å²) in [4.78, 5) is 38.7. The van der Waals surface area contributed by atoms with Crippen LogP contribution in [-0.2, 0) is 31.6 Å². The Morgan fingerprint density at radius 2 is 1.88 bits per heavy atom. The number of nitrogens with zero attached hydrogens (tertiary/aromatic N) is 4. The quantitative estimate of drug-likeness (QED) is 0.0978. The number of thioether (sulfide) groups is 1. The molecule has 33 heavy (non-hydrogen) atoms. The molecule has 1 saturated heterocycles. The Bertz CT molecular complexity index is 1180. The lowest BCUT2D eigenvalue weighted by Gasteiger charge is -2.21. The fourth-order valence-corrected chi connectivity index (χ4v) is 6.31. The molecular formula is C11H17BN5O12P3S. The molecule has 3 heterocycles.